The molecule has 3 rings (SSSR count). The van der Waals surface area contributed by atoms with Gasteiger partial charge in [-0.1, -0.05) is 13.3 Å². The number of nitrogens with zero attached hydrogens (tertiary/aromatic N) is 2. The zero-order valence-corrected chi connectivity index (χ0v) is 14.9. The summed E-state index contributed by atoms with van der Waals surface area (Å²) >= 11 is 0. The Morgan fingerprint density at radius 2 is 1.88 bits per heavy atom. The van der Waals surface area contributed by atoms with Gasteiger partial charge < -0.3 is 10.1 Å². The molecule has 2 amide bonds. The van der Waals surface area contributed by atoms with Crippen LogP contribution >= 0.6 is 0 Å². The number of pyridine rings is 1. The van der Waals surface area contributed by atoms with Crippen molar-refractivity contribution in [1.82, 2.24) is 10.3 Å². The fourth-order valence-corrected chi connectivity index (χ4v) is 2.83. The number of rotatable bonds is 8. The van der Waals surface area contributed by atoms with Crippen molar-refractivity contribution in [3.8, 4) is 5.75 Å². The van der Waals surface area contributed by atoms with E-state index in [0.29, 0.717) is 18.8 Å². The summed E-state index contributed by atoms with van der Waals surface area (Å²) in [5.41, 5.74) is 1.60. The van der Waals surface area contributed by atoms with E-state index in [9.17, 15) is 9.59 Å². The van der Waals surface area contributed by atoms with Crippen LogP contribution in [0.4, 0.5) is 5.69 Å². The van der Waals surface area contributed by atoms with Gasteiger partial charge in [-0.25, -0.2) is 4.90 Å². The Morgan fingerprint density at radius 3 is 2.58 bits per heavy atom. The highest BCUT2D eigenvalue weighted by molar-refractivity contribution is 6.22. The van der Waals surface area contributed by atoms with Crippen LogP contribution in [0.1, 0.15) is 31.7 Å². The van der Waals surface area contributed by atoms with Crippen LogP contribution in [0.2, 0.25) is 0 Å². The second-order valence-electron chi connectivity index (χ2n) is 6.26. The van der Waals surface area contributed by atoms with Gasteiger partial charge in [0, 0.05) is 18.9 Å². The van der Waals surface area contributed by atoms with E-state index in [2.05, 4.69) is 17.2 Å². The van der Waals surface area contributed by atoms with Crippen molar-refractivity contribution >= 4 is 17.5 Å². The van der Waals surface area contributed by atoms with Crippen molar-refractivity contribution in [3.63, 3.8) is 0 Å². The summed E-state index contributed by atoms with van der Waals surface area (Å²) in [5, 5.41) is 3.16. The number of anilines is 1. The molecule has 6 nitrogen and oxygen atoms in total. The number of hydrogen-bond donors (Lipinski definition) is 1. The third-order valence-electron chi connectivity index (χ3n) is 4.31. The molecule has 0 saturated carbocycles. The number of ether oxygens (including phenoxy) is 1. The molecule has 1 aliphatic heterocycles. The summed E-state index contributed by atoms with van der Waals surface area (Å²) in [4.78, 5) is 30.2. The van der Waals surface area contributed by atoms with Crippen LogP contribution in [0.5, 0.6) is 5.75 Å². The topological polar surface area (TPSA) is 71.5 Å². The average Bonchev–Trinajstić information content (AvgIpc) is 2.95. The van der Waals surface area contributed by atoms with Crippen LogP contribution < -0.4 is 15.0 Å². The molecular formula is C20H23N3O3. The highest BCUT2D eigenvalue weighted by atomic mass is 16.5. The first-order valence-electron chi connectivity index (χ1n) is 8.91. The quantitative estimate of drug-likeness (QED) is 0.584. The van der Waals surface area contributed by atoms with Crippen LogP contribution in [-0.4, -0.2) is 29.4 Å². The van der Waals surface area contributed by atoms with Gasteiger partial charge in [0.05, 0.1) is 24.8 Å². The molecule has 0 aliphatic carbocycles. The number of aromatic nitrogens is 1. The van der Waals surface area contributed by atoms with Crippen molar-refractivity contribution in [3.05, 3.63) is 54.4 Å². The minimum Gasteiger partial charge on any atom is -0.494 e. The van der Waals surface area contributed by atoms with Crippen LogP contribution in [0.25, 0.3) is 0 Å². The first-order valence-corrected chi connectivity index (χ1v) is 8.91. The van der Waals surface area contributed by atoms with E-state index in [1.165, 1.54) is 4.90 Å². The van der Waals surface area contributed by atoms with E-state index in [4.69, 9.17) is 4.74 Å². The van der Waals surface area contributed by atoms with Crippen molar-refractivity contribution in [2.75, 3.05) is 11.5 Å². The lowest BCUT2D eigenvalue weighted by molar-refractivity contribution is -0.121. The summed E-state index contributed by atoms with van der Waals surface area (Å²) < 4.78 is 5.62. The highest BCUT2D eigenvalue weighted by Gasteiger charge is 2.39. The van der Waals surface area contributed by atoms with Crippen molar-refractivity contribution in [1.29, 1.82) is 0 Å². The number of amides is 2. The molecule has 1 fully saturated rings. The number of imide groups is 1. The van der Waals surface area contributed by atoms with Gasteiger partial charge in [0.2, 0.25) is 5.91 Å². The molecule has 0 bridgehead atoms. The first-order chi connectivity index (χ1) is 12.7. The number of unbranched alkanes of at least 4 members (excludes halogenated alkanes) is 1. The lowest BCUT2D eigenvalue weighted by Crippen LogP contribution is -2.38. The Balaban J connectivity index is 1.61. The monoisotopic (exact) mass is 353 g/mol. The molecule has 1 aliphatic rings. The molecule has 0 unspecified atom stereocenters. The average molecular weight is 353 g/mol. The van der Waals surface area contributed by atoms with Crippen molar-refractivity contribution < 1.29 is 14.3 Å². The third-order valence-corrected chi connectivity index (χ3v) is 4.31. The van der Waals surface area contributed by atoms with E-state index in [0.717, 1.165) is 24.2 Å². The standard InChI is InChI=1S/C20H23N3O3/c1-2-3-12-26-17-6-4-16(5-7-17)23-19(24)13-18(20(23)25)22-14-15-8-10-21-11-9-15/h4-11,18,22H,2-3,12-14H2,1H3/t18-/m0/s1. The van der Waals surface area contributed by atoms with Gasteiger partial charge in [-0.15, -0.1) is 0 Å². The summed E-state index contributed by atoms with van der Waals surface area (Å²) in [7, 11) is 0. The fourth-order valence-electron chi connectivity index (χ4n) is 2.83. The molecule has 6 heteroatoms. The molecular weight excluding hydrogens is 330 g/mol. The van der Waals surface area contributed by atoms with Crippen molar-refractivity contribution in [2.45, 2.75) is 38.8 Å². The zero-order chi connectivity index (χ0) is 18.4. The number of benzene rings is 1. The number of carbonyl (C=O) groups is 2. The van der Waals surface area contributed by atoms with Crippen molar-refractivity contribution in [2.24, 2.45) is 0 Å². The molecule has 1 atom stereocenters. The maximum atomic E-state index is 12.6. The van der Waals surface area contributed by atoms with E-state index in [1.54, 1.807) is 36.7 Å². The summed E-state index contributed by atoms with van der Waals surface area (Å²) in [6.45, 7) is 3.29. The molecule has 1 saturated heterocycles. The molecule has 1 N–H and O–H groups in total. The van der Waals surface area contributed by atoms with Gasteiger partial charge in [0.15, 0.2) is 0 Å². The Morgan fingerprint density at radius 1 is 1.15 bits per heavy atom. The minimum absolute atomic E-state index is 0.165. The zero-order valence-electron chi connectivity index (χ0n) is 14.9. The van der Waals surface area contributed by atoms with Gasteiger partial charge in [0.1, 0.15) is 5.75 Å². The largest absolute Gasteiger partial charge is 0.494 e. The van der Waals surface area contributed by atoms with E-state index in [1.807, 2.05) is 12.1 Å². The molecule has 26 heavy (non-hydrogen) atoms. The maximum Gasteiger partial charge on any atom is 0.251 e. The Labute approximate surface area is 153 Å². The highest BCUT2D eigenvalue weighted by Crippen LogP contribution is 2.25. The SMILES string of the molecule is CCCCOc1ccc(N2C(=O)C[C@H](NCc3ccncc3)C2=O)cc1. The first kappa shape index (κ1) is 18.1. The van der Waals surface area contributed by atoms with E-state index in [-0.39, 0.29) is 18.2 Å². The second-order valence-corrected chi connectivity index (χ2v) is 6.26. The molecule has 1 aromatic heterocycles. The third kappa shape index (κ3) is 4.26. The Hall–Kier alpha value is -2.73. The number of hydrogen-bond acceptors (Lipinski definition) is 5. The normalized spacial score (nSPS) is 17.0. The Kier molecular flexibility index (Phi) is 5.96. The predicted molar refractivity (Wildman–Crippen MR) is 98.8 cm³/mol. The Bertz CT molecular complexity index is 747. The van der Waals surface area contributed by atoms with Crippen LogP contribution in [0.3, 0.4) is 0 Å². The molecule has 2 heterocycles. The molecule has 0 radical (unpaired) electrons. The van der Waals surface area contributed by atoms with Crippen LogP contribution in [0.15, 0.2) is 48.8 Å². The van der Waals surface area contributed by atoms with Gasteiger partial charge in [0.25, 0.3) is 5.91 Å². The predicted octanol–water partition coefficient (Wildman–Crippen LogP) is 2.68. The lowest BCUT2D eigenvalue weighted by Gasteiger charge is -2.16. The molecule has 2 aromatic rings. The van der Waals surface area contributed by atoms with Gasteiger partial charge >= 0.3 is 0 Å². The van der Waals surface area contributed by atoms with Gasteiger partial charge in [-0.2, -0.15) is 0 Å². The molecule has 1 aromatic carbocycles. The maximum absolute atomic E-state index is 12.6. The van der Waals surface area contributed by atoms with E-state index < -0.39 is 6.04 Å². The van der Waals surface area contributed by atoms with Crippen LogP contribution in [0, 0.1) is 0 Å². The van der Waals surface area contributed by atoms with Gasteiger partial charge in [-0.05, 0) is 48.4 Å². The van der Waals surface area contributed by atoms with Gasteiger partial charge in [-0.3, -0.25) is 14.6 Å². The smallest absolute Gasteiger partial charge is 0.251 e. The number of carbonyl (C=O) groups excluding carboxylic acids is 2. The molecule has 136 valence electrons. The van der Waals surface area contributed by atoms with Crippen LogP contribution in [-0.2, 0) is 16.1 Å². The summed E-state index contributed by atoms with van der Waals surface area (Å²) in [5.74, 6) is 0.333. The fraction of sp³-hybridized carbons (Fsp3) is 0.350. The summed E-state index contributed by atoms with van der Waals surface area (Å²) in [6, 6.07) is 10.3. The second kappa shape index (κ2) is 8.58. The van der Waals surface area contributed by atoms with E-state index >= 15 is 0 Å². The number of nitrogens with one attached hydrogen (secondary N) is 1. The minimum atomic E-state index is -0.504. The molecule has 0 spiro atoms. The summed E-state index contributed by atoms with van der Waals surface area (Å²) in [6.07, 6.45) is 5.64. The lowest BCUT2D eigenvalue weighted by atomic mass is 10.2.